The van der Waals surface area contributed by atoms with Crippen LogP contribution >= 0.6 is 0 Å². The van der Waals surface area contributed by atoms with E-state index in [-0.39, 0.29) is 34.7 Å². The van der Waals surface area contributed by atoms with Crippen molar-refractivity contribution in [3.05, 3.63) is 41.9 Å². The number of fused-ring (bicyclic) bond motifs is 2. The number of carbonyl (C=O) groups is 1. The van der Waals surface area contributed by atoms with Crippen molar-refractivity contribution in [2.75, 3.05) is 6.54 Å². The van der Waals surface area contributed by atoms with Crippen LogP contribution in [-0.4, -0.2) is 38.0 Å². The lowest BCUT2D eigenvalue weighted by molar-refractivity contribution is -0.142. The average Bonchev–Trinajstić information content (AvgIpc) is 3.42. The largest absolute Gasteiger partial charge is 0.463 e. The normalized spacial score (nSPS) is 24.4. The first-order valence-electron chi connectivity index (χ1n) is 10.7. The topological polar surface area (TPSA) is 63.6 Å². The molecule has 3 aromatic heterocycles. The van der Waals surface area contributed by atoms with Crippen LogP contribution in [0.5, 0.6) is 0 Å². The number of hydrogen-bond donors (Lipinski definition) is 0. The molecular formula is C22H23F3N4O2. The van der Waals surface area contributed by atoms with Crippen LogP contribution in [0.15, 0.2) is 34.9 Å². The lowest BCUT2D eigenvalue weighted by Crippen LogP contribution is -2.52. The molecule has 2 fully saturated rings. The fourth-order valence-electron chi connectivity index (χ4n) is 5.14. The summed E-state index contributed by atoms with van der Waals surface area (Å²) in [6.07, 6.45) is 1.86. The van der Waals surface area contributed by atoms with E-state index in [4.69, 9.17) is 4.42 Å². The highest BCUT2D eigenvalue weighted by molar-refractivity contribution is 5.93. The van der Waals surface area contributed by atoms with Gasteiger partial charge in [0.2, 0.25) is 0 Å². The molecule has 1 saturated carbocycles. The molecule has 31 heavy (non-hydrogen) atoms. The van der Waals surface area contributed by atoms with Gasteiger partial charge < -0.3 is 9.32 Å². The maximum atomic E-state index is 13.8. The minimum absolute atomic E-state index is 0.00604. The molecule has 3 atom stereocenters. The number of nitrogens with zero attached hydrogens (tertiary/aromatic N) is 4. The number of piperidine rings is 1. The lowest BCUT2D eigenvalue weighted by atomic mass is 9.72. The van der Waals surface area contributed by atoms with Gasteiger partial charge in [0.05, 0.1) is 6.26 Å². The third kappa shape index (κ3) is 3.49. The van der Waals surface area contributed by atoms with Crippen LogP contribution in [0.3, 0.4) is 0 Å². The molecule has 1 saturated heterocycles. The molecule has 1 amide bonds. The van der Waals surface area contributed by atoms with Gasteiger partial charge in [-0.3, -0.25) is 4.79 Å². The van der Waals surface area contributed by atoms with Crippen molar-refractivity contribution in [1.29, 1.82) is 0 Å². The van der Waals surface area contributed by atoms with E-state index < -0.39 is 11.9 Å². The van der Waals surface area contributed by atoms with Crippen molar-refractivity contribution in [3.63, 3.8) is 0 Å². The van der Waals surface area contributed by atoms with Gasteiger partial charge in [0, 0.05) is 18.7 Å². The van der Waals surface area contributed by atoms with E-state index in [0.717, 1.165) is 38.2 Å². The van der Waals surface area contributed by atoms with Gasteiger partial charge in [-0.1, -0.05) is 19.8 Å². The maximum absolute atomic E-state index is 13.8. The Kier molecular flexibility index (Phi) is 4.79. The predicted molar refractivity (Wildman–Crippen MR) is 106 cm³/mol. The zero-order valence-electron chi connectivity index (χ0n) is 17.1. The summed E-state index contributed by atoms with van der Waals surface area (Å²) in [5, 5.41) is 4.05. The summed E-state index contributed by atoms with van der Waals surface area (Å²) in [5.74, 6) is 0.891. The first kappa shape index (κ1) is 20.1. The molecule has 5 rings (SSSR count). The van der Waals surface area contributed by atoms with E-state index in [1.807, 2.05) is 4.90 Å². The van der Waals surface area contributed by atoms with Crippen molar-refractivity contribution in [2.45, 2.75) is 51.2 Å². The standard InChI is InChI=1S/C22H23F3N4O2/c1-13-8-9-28(17-6-3-2-5-14(13)17)21(30)16-12-20-26-15(18-7-4-10-31-18)11-19(22(23,24)25)29(20)27-16/h4,7,10-14,17H,2-3,5-6,8-9H2,1H3/t13-,14+,17+/m0/s1. The monoisotopic (exact) mass is 432 g/mol. The van der Waals surface area contributed by atoms with Crippen LogP contribution < -0.4 is 0 Å². The molecule has 0 unspecified atom stereocenters. The third-order valence-corrected chi connectivity index (χ3v) is 6.71. The van der Waals surface area contributed by atoms with E-state index in [1.54, 1.807) is 12.1 Å². The smallest absolute Gasteiger partial charge is 0.433 e. The van der Waals surface area contributed by atoms with Crippen LogP contribution in [0.4, 0.5) is 13.2 Å². The Balaban J connectivity index is 1.55. The lowest BCUT2D eigenvalue weighted by Gasteiger charge is -2.47. The van der Waals surface area contributed by atoms with E-state index in [0.29, 0.717) is 22.9 Å². The molecule has 6 nitrogen and oxygen atoms in total. The van der Waals surface area contributed by atoms with Crippen LogP contribution in [0.2, 0.25) is 0 Å². The van der Waals surface area contributed by atoms with Gasteiger partial charge in [-0.15, -0.1) is 0 Å². The molecule has 4 heterocycles. The summed E-state index contributed by atoms with van der Waals surface area (Å²) >= 11 is 0. The van der Waals surface area contributed by atoms with Gasteiger partial charge in [0.15, 0.2) is 22.8 Å². The summed E-state index contributed by atoms with van der Waals surface area (Å²) < 4.78 is 47.2. The number of halogens is 3. The zero-order valence-corrected chi connectivity index (χ0v) is 17.1. The molecule has 164 valence electrons. The SMILES string of the molecule is C[C@H]1CCN(C(=O)c2cc3nc(-c4ccco4)cc(C(F)(F)F)n3n2)[C@@H]2CCCC[C@@H]21. The molecule has 2 aliphatic rings. The number of hydrogen-bond acceptors (Lipinski definition) is 4. The van der Waals surface area contributed by atoms with E-state index in [1.165, 1.54) is 12.3 Å². The highest BCUT2D eigenvalue weighted by Crippen LogP contribution is 2.39. The summed E-state index contributed by atoms with van der Waals surface area (Å²) in [7, 11) is 0. The highest BCUT2D eigenvalue weighted by atomic mass is 19.4. The quantitative estimate of drug-likeness (QED) is 0.569. The van der Waals surface area contributed by atoms with Crippen LogP contribution in [0.1, 0.15) is 55.2 Å². The highest BCUT2D eigenvalue weighted by Gasteiger charge is 2.41. The molecule has 0 N–H and O–H groups in total. The molecule has 3 aromatic rings. The summed E-state index contributed by atoms with van der Waals surface area (Å²) in [6, 6.07) is 5.49. The van der Waals surface area contributed by atoms with Crippen LogP contribution in [0, 0.1) is 11.8 Å². The van der Waals surface area contributed by atoms with Crippen molar-refractivity contribution in [3.8, 4) is 11.5 Å². The van der Waals surface area contributed by atoms with E-state index >= 15 is 0 Å². The predicted octanol–water partition coefficient (Wildman–Crippen LogP) is 5.05. The number of carbonyl (C=O) groups excluding carboxylic acids is 1. The zero-order chi connectivity index (χ0) is 21.8. The van der Waals surface area contributed by atoms with Crippen molar-refractivity contribution >= 4 is 11.6 Å². The Bertz CT molecular complexity index is 1110. The second-order valence-electron chi connectivity index (χ2n) is 8.58. The van der Waals surface area contributed by atoms with Gasteiger partial charge in [-0.05, 0) is 49.3 Å². The minimum Gasteiger partial charge on any atom is -0.463 e. The first-order valence-corrected chi connectivity index (χ1v) is 10.7. The average molecular weight is 432 g/mol. The summed E-state index contributed by atoms with van der Waals surface area (Å²) in [5.41, 5.74) is -0.989. The molecule has 0 bridgehead atoms. The summed E-state index contributed by atoms with van der Waals surface area (Å²) in [6.45, 7) is 2.83. The van der Waals surface area contributed by atoms with Gasteiger partial charge in [-0.2, -0.15) is 18.3 Å². The Morgan fingerprint density at radius 3 is 2.74 bits per heavy atom. The maximum Gasteiger partial charge on any atom is 0.433 e. The second kappa shape index (κ2) is 7.39. The number of rotatable bonds is 2. The molecule has 0 radical (unpaired) electrons. The molecule has 9 heteroatoms. The third-order valence-electron chi connectivity index (χ3n) is 6.71. The second-order valence-corrected chi connectivity index (χ2v) is 8.58. The first-order chi connectivity index (χ1) is 14.8. The molecule has 0 spiro atoms. The van der Waals surface area contributed by atoms with Gasteiger partial charge >= 0.3 is 6.18 Å². The van der Waals surface area contributed by atoms with Gasteiger partial charge in [0.1, 0.15) is 5.69 Å². The van der Waals surface area contributed by atoms with Gasteiger partial charge in [-0.25, -0.2) is 9.50 Å². The van der Waals surface area contributed by atoms with E-state index in [9.17, 15) is 18.0 Å². The number of furan rings is 1. The fourth-order valence-corrected chi connectivity index (χ4v) is 5.14. The van der Waals surface area contributed by atoms with Crippen molar-refractivity contribution in [1.82, 2.24) is 19.5 Å². The van der Waals surface area contributed by atoms with Crippen molar-refractivity contribution < 1.29 is 22.4 Å². The Morgan fingerprint density at radius 2 is 2.00 bits per heavy atom. The number of amides is 1. The fraction of sp³-hybridized carbons (Fsp3) is 0.500. The Morgan fingerprint density at radius 1 is 1.19 bits per heavy atom. The van der Waals surface area contributed by atoms with Gasteiger partial charge in [0.25, 0.3) is 5.91 Å². The number of likely N-dealkylation sites (tertiary alicyclic amines) is 1. The number of alkyl halides is 3. The molecule has 0 aromatic carbocycles. The van der Waals surface area contributed by atoms with Crippen molar-refractivity contribution in [2.24, 2.45) is 11.8 Å². The number of aromatic nitrogens is 3. The Labute approximate surface area is 177 Å². The molecule has 1 aliphatic heterocycles. The molecule has 1 aliphatic carbocycles. The van der Waals surface area contributed by atoms with Crippen LogP contribution in [-0.2, 0) is 6.18 Å². The Hall–Kier alpha value is -2.84. The van der Waals surface area contributed by atoms with Crippen LogP contribution in [0.25, 0.3) is 17.1 Å². The summed E-state index contributed by atoms with van der Waals surface area (Å²) in [4.78, 5) is 19.4. The van der Waals surface area contributed by atoms with E-state index in [2.05, 4.69) is 17.0 Å². The minimum atomic E-state index is -4.66. The molecular weight excluding hydrogens is 409 g/mol.